The second-order valence-corrected chi connectivity index (χ2v) is 4.96. The van der Waals surface area contributed by atoms with Crippen molar-refractivity contribution in [1.29, 1.82) is 0 Å². The minimum absolute atomic E-state index is 0.172. The van der Waals surface area contributed by atoms with Crippen LogP contribution in [0.5, 0.6) is 0 Å². The molecule has 108 valence electrons. The predicted octanol–water partition coefficient (Wildman–Crippen LogP) is 3.10. The number of amides is 1. The summed E-state index contributed by atoms with van der Waals surface area (Å²) < 4.78 is 5.71. The van der Waals surface area contributed by atoms with Crippen LogP contribution >= 0.6 is 15.9 Å². The van der Waals surface area contributed by atoms with Crippen LogP contribution < -0.4 is 5.43 Å². The molecule has 2 aromatic rings. The molecule has 0 saturated carbocycles. The van der Waals surface area contributed by atoms with Crippen LogP contribution in [-0.4, -0.2) is 16.5 Å². The van der Waals surface area contributed by atoms with Gasteiger partial charge >= 0.3 is 11.8 Å². The summed E-state index contributed by atoms with van der Waals surface area (Å²) >= 11 is 3.32. The molecule has 1 amide bonds. The molecule has 1 aromatic carbocycles. The summed E-state index contributed by atoms with van der Waals surface area (Å²) in [4.78, 5) is 21.5. The Morgan fingerprint density at radius 3 is 2.52 bits per heavy atom. The predicted molar refractivity (Wildman–Crippen MR) is 79.2 cm³/mol. The number of rotatable bonds is 4. The van der Waals surface area contributed by atoms with Gasteiger partial charge in [0.05, 0.1) is 11.8 Å². The Morgan fingerprint density at radius 2 is 1.95 bits per heavy atom. The fraction of sp³-hybridized carbons (Fsp3) is 0.0769. The molecule has 0 atom stereocenters. The number of nitrogens with one attached hydrogen (secondary N) is 1. The molecule has 1 heterocycles. The van der Waals surface area contributed by atoms with E-state index in [1.807, 2.05) is 24.3 Å². The first-order chi connectivity index (χ1) is 9.97. The van der Waals surface area contributed by atoms with Gasteiger partial charge in [0.2, 0.25) is 5.76 Å². The number of hydrogen-bond acceptors (Lipinski definition) is 5. The van der Waals surface area contributed by atoms with Crippen molar-refractivity contribution >= 4 is 33.4 Å². The SMILES string of the molecule is C/C(=N\NC(=O)c1ccc([N+](=O)[O-])o1)c1ccc(Br)cc1. The third kappa shape index (κ3) is 3.76. The average Bonchev–Trinajstić information content (AvgIpc) is 2.95. The second kappa shape index (κ2) is 6.31. The highest BCUT2D eigenvalue weighted by atomic mass is 79.9. The summed E-state index contributed by atoms with van der Waals surface area (Å²) in [5, 5.41) is 14.4. The summed E-state index contributed by atoms with van der Waals surface area (Å²) in [6, 6.07) is 9.72. The summed E-state index contributed by atoms with van der Waals surface area (Å²) in [6.07, 6.45) is 0. The highest BCUT2D eigenvalue weighted by molar-refractivity contribution is 9.10. The van der Waals surface area contributed by atoms with Gasteiger partial charge in [-0.2, -0.15) is 5.10 Å². The third-order valence-electron chi connectivity index (χ3n) is 2.58. The first-order valence-corrected chi connectivity index (χ1v) is 6.61. The maximum atomic E-state index is 11.7. The smallest absolute Gasteiger partial charge is 0.395 e. The zero-order valence-electron chi connectivity index (χ0n) is 10.9. The van der Waals surface area contributed by atoms with E-state index in [0.29, 0.717) is 5.71 Å². The summed E-state index contributed by atoms with van der Waals surface area (Å²) in [5.41, 5.74) is 3.72. The molecule has 0 aliphatic heterocycles. The van der Waals surface area contributed by atoms with Crippen LogP contribution in [0, 0.1) is 10.1 Å². The molecule has 0 aliphatic carbocycles. The lowest BCUT2D eigenvalue weighted by Crippen LogP contribution is -2.18. The van der Waals surface area contributed by atoms with Gasteiger partial charge in [-0.15, -0.1) is 0 Å². The average molecular weight is 352 g/mol. The molecular weight excluding hydrogens is 342 g/mol. The van der Waals surface area contributed by atoms with Gasteiger partial charge in [-0.05, 0) is 30.7 Å². The van der Waals surface area contributed by atoms with E-state index in [2.05, 4.69) is 26.5 Å². The number of furan rings is 1. The first kappa shape index (κ1) is 14.9. The molecule has 0 aliphatic rings. The van der Waals surface area contributed by atoms with Gasteiger partial charge in [0.25, 0.3) is 0 Å². The van der Waals surface area contributed by atoms with Crippen molar-refractivity contribution in [3.05, 3.63) is 62.3 Å². The van der Waals surface area contributed by atoms with E-state index in [9.17, 15) is 14.9 Å². The minimum atomic E-state index is -0.715. The number of benzene rings is 1. The van der Waals surface area contributed by atoms with Gasteiger partial charge in [-0.25, -0.2) is 5.43 Å². The number of hydrogen-bond donors (Lipinski definition) is 1. The molecule has 8 heteroatoms. The highest BCUT2D eigenvalue weighted by Crippen LogP contribution is 2.15. The van der Waals surface area contributed by atoms with Crippen LogP contribution in [0.3, 0.4) is 0 Å². The van der Waals surface area contributed by atoms with Crippen LogP contribution in [0.2, 0.25) is 0 Å². The van der Waals surface area contributed by atoms with Gasteiger partial charge in [0, 0.05) is 4.47 Å². The van der Waals surface area contributed by atoms with Gasteiger partial charge in [-0.1, -0.05) is 28.1 Å². The lowest BCUT2D eigenvalue weighted by atomic mass is 10.1. The van der Waals surface area contributed by atoms with Crippen molar-refractivity contribution in [2.24, 2.45) is 5.10 Å². The molecule has 21 heavy (non-hydrogen) atoms. The summed E-state index contributed by atoms with van der Waals surface area (Å²) in [5.74, 6) is -1.32. The van der Waals surface area contributed by atoms with Crippen LogP contribution in [0.15, 0.2) is 50.4 Å². The van der Waals surface area contributed by atoms with Crippen molar-refractivity contribution < 1.29 is 14.1 Å². The summed E-state index contributed by atoms with van der Waals surface area (Å²) in [6.45, 7) is 1.73. The molecule has 1 N–H and O–H groups in total. The highest BCUT2D eigenvalue weighted by Gasteiger charge is 2.16. The van der Waals surface area contributed by atoms with Crippen molar-refractivity contribution in [1.82, 2.24) is 5.43 Å². The third-order valence-corrected chi connectivity index (χ3v) is 3.11. The molecule has 0 radical (unpaired) electrons. The van der Waals surface area contributed by atoms with Crippen molar-refractivity contribution in [3.63, 3.8) is 0 Å². The van der Waals surface area contributed by atoms with Crippen LogP contribution in [0.25, 0.3) is 0 Å². The van der Waals surface area contributed by atoms with Crippen molar-refractivity contribution in [2.45, 2.75) is 6.92 Å². The number of hydrazone groups is 1. The zero-order valence-corrected chi connectivity index (χ0v) is 12.5. The summed E-state index contributed by atoms with van der Waals surface area (Å²) in [7, 11) is 0. The van der Waals surface area contributed by atoms with E-state index in [1.165, 1.54) is 6.07 Å². The molecular formula is C13H10BrN3O4. The Kier molecular flexibility index (Phi) is 4.49. The number of carbonyl (C=O) groups excluding carboxylic acids is 1. The first-order valence-electron chi connectivity index (χ1n) is 5.82. The quantitative estimate of drug-likeness (QED) is 0.519. The standard InChI is InChI=1S/C13H10BrN3O4/c1-8(9-2-4-10(14)5-3-9)15-16-13(18)11-6-7-12(21-11)17(19)20/h2-7H,1H3,(H,16,18)/b15-8+. The van der Waals surface area contributed by atoms with Gasteiger partial charge in [0.1, 0.15) is 4.92 Å². The molecule has 0 spiro atoms. The zero-order chi connectivity index (χ0) is 15.4. The lowest BCUT2D eigenvalue weighted by Gasteiger charge is -2.01. The van der Waals surface area contributed by atoms with Crippen LogP contribution in [-0.2, 0) is 0 Å². The van der Waals surface area contributed by atoms with Crippen LogP contribution in [0.1, 0.15) is 23.0 Å². The fourth-order valence-electron chi connectivity index (χ4n) is 1.49. The van der Waals surface area contributed by atoms with Gasteiger partial charge in [0.15, 0.2) is 0 Å². The lowest BCUT2D eigenvalue weighted by molar-refractivity contribution is -0.402. The maximum absolute atomic E-state index is 11.7. The van der Waals surface area contributed by atoms with Gasteiger partial charge < -0.3 is 4.42 Å². The van der Waals surface area contributed by atoms with E-state index >= 15 is 0 Å². The Bertz CT molecular complexity index is 706. The molecule has 0 fully saturated rings. The molecule has 7 nitrogen and oxygen atoms in total. The number of carbonyl (C=O) groups is 1. The number of nitro groups is 1. The van der Waals surface area contributed by atoms with Gasteiger partial charge in [-0.3, -0.25) is 14.9 Å². The molecule has 0 saturated heterocycles. The number of nitrogens with zero attached hydrogens (tertiary/aromatic N) is 2. The van der Waals surface area contributed by atoms with Crippen molar-refractivity contribution in [2.75, 3.05) is 0 Å². The van der Waals surface area contributed by atoms with E-state index in [4.69, 9.17) is 4.42 Å². The van der Waals surface area contributed by atoms with Crippen molar-refractivity contribution in [3.8, 4) is 0 Å². The Balaban J connectivity index is 2.06. The Morgan fingerprint density at radius 1 is 1.29 bits per heavy atom. The van der Waals surface area contributed by atoms with Crippen LogP contribution in [0.4, 0.5) is 5.88 Å². The van der Waals surface area contributed by atoms with E-state index < -0.39 is 16.7 Å². The topological polar surface area (TPSA) is 97.7 Å². The monoisotopic (exact) mass is 351 g/mol. The minimum Gasteiger partial charge on any atom is -0.395 e. The maximum Gasteiger partial charge on any atom is 0.433 e. The molecule has 0 bridgehead atoms. The Hall–Kier alpha value is -2.48. The molecule has 0 unspecified atom stereocenters. The number of halogens is 1. The van der Waals surface area contributed by atoms with E-state index in [1.54, 1.807) is 6.92 Å². The normalized spacial score (nSPS) is 11.2. The Labute approximate surface area is 127 Å². The van der Waals surface area contributed by atoms with E-state index in [-0.39, 0.29) is 5.76 Å². The van der Waals surface area contributed by atoms with E-state index in [0.717, 1.165) is 16.1 Å². The fourth-order valence-corrected chi connectivity index (χ4v) is 1.76. The molecule has 1 aromatic heterocycles. The second-order valence-electron chi connectivity index (χ2n) is 4.04. The largest absolute Gasteiger partial charge is 0.433 e. The molecule has 2 rings (SSSR count).